The third-order valence-electron chi connectivity index (χ3n) is 4.32. The number of carbonyl (C=O) groups is 1. The minimum atomic E-state index is -0.445. The van der Waals surface area contributed by atoms with Gasteiger partial charge in [0.2, 0.25) is 5.91 Å². The predicted molar refractivity (Wildman–Crippen MR) is 108 cm³/mol. The number of rotatable bonds is 5. The summed E-state index contributed by atoms with van der Waals surface area (Å²) in [5.74, 6) is 1.13. The van der Waals surface area contributed by atoms with Crippen LogP contribution in [0.15, 0.2) is 24.3 Å². The van der Waals surface area contributed by atoms with Gasteiger partial charge in [-0.2, -0.15) is 0 Å². The van der Waals surface area contributed by atoms with Gasteiger partial charge in [0.25, 0.3) is 0 Å². The Bertz CT molecular complexity index is 503. The van der Waals surface area contributed by atoms with E-state index in [9.17, 15) is 4.79 Å². The van der Waals surface area contributed by atoms with Crippen molar-refractivity contribution >= 4 is 42.1 Å². The first kappa shape index (κ1) is 23.0. The largest absolute Gasteiger partial charge is 0.371 e. The molecule has 0 saturated carbocycles. The number of carbonyl (C=O) groups excluding carboxylic acids is 1. The van der Waals surface area contributed by atoms with Crippen molar-refractivity contribution in [3.05, 3.63) is 24.3 Å². The summed E-state index contributed by atoms with van der Waals surface area (Å²) in [7, 11) is 0. The van der Waals surface area contributed by atoms with Crippen LogP contribution in [-0.4, -0.2) is 25.0 Å². The molecule has 2 rings (SSSR count). The van der Waals surface area contributed by atoms with Gasteiger partial charge in [-0.1, -0.05) is 26.8 Å². The zero-order valence-electron chi connectivity index (χ0n) is 14.8. The molecule has 1 aliphatic heterocycles. The lowest BCUT2D eigenvalue weighted by atomic mass is 9.99. The number of amides is 1. The van der Waals surface area contributed by atoms with Crippen LogP contribution in [0.25, 0.3) is 0 Å². The van der Waals surface area contributed by atoms with Crippen LogP contribution in [0.3, 0.4) is 0 Å². The highest BCUT2D eigenvalue weighted by Crippen LogP contribution is 2.25. The maximum absolute atomic E-state index is 12.1. The molecule has 138 valence electrons. The first-order valence-electron chi connectivity index (χ1n) is 8.37. The number of benzene rings is 1. The lowest BCUT2D eigenvalue weighted by molar-refractivity contribution is -0.117. The third kappa shape index (κ3) is 6.88. The normalized spacial score (nSPS) is 16.1. The molecule has 1 heterocycles. The monoisotopic (exact) mass is 375 g/mol. The molecule has 24 heavy (non-hydrogen) atoms. The Labute approximate surface area is 158 Å². The number of hydrogen-bond donors (Lipinski definition) is 2. The zero-order valence-corrected chi connectivity index (χ0v) is 16.5. The Kier molecular flexibility index (Phi) is 10.4. The third-order valence-corrected chi connectivity index (χ3v) is 4.32. The molecule has 1 aliphatic rings. The number of nitrogens with two attached hydrogens (primary N) is 1. The molecule has 0 unspecified atom stereocenters. The Hall–Kier alpha value is -0.970. The number of anilines is 2. The summed E-state index contributed by atoms with van der Waals surface area (Å²) in [6.07, 6.45) is 3.17. The molecule has 1 fully saturated rings. The molecule has 0 radical (unpaired) electrons. The average Bonchev–Trinajstić information content (AvgIpc) is 2.47. The first-order chi connectivity index (χ1) is 10.5. The molecule has 1 aromatic rings. The van der Waals surface area contributed by atoms with Crippen molar-refractivity contribution in [2.45, 2.75) is 46.1 Å². The summed E-state index contributed by atoms with van der Waals surface area (Å²) in [6, 6.07) is 7.64. The number of nitrogens with one attached hydrogen (secondary N) is 1. The first-order valence-corrected chi connectivity index (χ1v) is 8.37. The van der Waals surface area contributed by atoms with Crippen LogP contribution in [-0.2, 0) is 4.79 Å². The number of hydrogen-bond acceptors (Lipinski definition) is 3. The molecule has 0 aliphatic carbocycles. The smallest absolute Gasteiger partial charge is 0.241 e. The van der Waals surface area contributed by atoms with Crippen LogP contribution in [0.1, 0.15) is 40.0 Å². The van der Waals surface area contributed by atoms with Gasteiger partial charge in [-0.05, 0) is 49.3 Å². The van der Waals surface area contributed by atoms with Crippen molar-refractivity contribution < 1.29 is 4.79 Å². The molecule has 0 aromatic heterocycles. The summed E-state index contributed by atoms with van der Waals surface area (Å²) in [5, 5.41) is 2.94. The second-order valence-electron chi connectivity index (χ2n) is 6.95. The van der Waals surface area contributed by atoms with Gasteiger partial charge in [0.1, 0.15) is 0 Å². The van der Waals surface area contributed by atoms with Crippen molar-refractivity contribution in [1.29, 1.82) is 0 Å². The lowest BCUT2D eigenvalue weighted by Crippen LogP contribution is -2.36. The van der Waals surface area contributed by atoms with Gasteiger partial charge < -0.3 is 16.0 Å². The van der Waals surface area contributed by atoms with E-state index >= 15 is 0 Å². The quantitative estimate of drug-likeness (QED) is 0.814. The topological polar surface area (TPSA) is 58.4 Å². The molecule has 1 saturated heterocycles. The van der Waals surface area contributed by atoms with Gasteiger partial charge in [-0.3, -0.25) is 4.79 Å². The van der Waals surface area contributed by atoms with Crippen molar-refractivity contribution in [1.82, 2.24) is 0 Å². The van der Waals surface area contributed by atoms with Crippen molar-refractivity contribution in [2.24, 2.45) is 17.6 Å². The Morgan fingerprint density at radius 2 is 1.92 bits per heavy atom. The maximum atomic E-state index is 12.1. The van der Waals surface area contributed by atoms with Gasteiger partial charge in [0.05, 0.1) is 6.04 Å². The fourth-order valence-corrected chi connectivity index (χ4v) is 2.90. The van der Waals surface area contributed by atoms with E-state index in [1.54, 1.807) is 0 Å². The van der Waals surface area contributed by atoms with E-state index < -0.39 is 6.04 Å². The molecule has 0 bridgehead atoms. The standard InChI is InChI=1S/C18H29N3O.2ClH/c1-13(2)11-17(19)18(22)20-15-5-4-6-16(12-15)21-9-7-14(3)8-10-21;;/h4-6,12-14,17H,7-11,19H2,1-3H3,(H,20,22);2*1H/t17-;;/m0../s1. The van der Waals surface area contributed by atoms with E-state index in [0.717, 1.165) is 24.7 Å². The number of halogens is 2. The molecular formula is C18H31Cl2N3O. The molecule has 1 amide bonds. The molecule has 1 aromatic carbocycles. The van der Waals surface area contributed by atoms with Crippen LogP contribution in [0.5, 0.6) is 0 Å². The molecular weight excluding hydrogens is 345 g/mol. The predicted octanol–water partition coefficient (Wildman–Crippen LogP) is 4.08. The minimum Gasteiger partial charge on any atom is -0.371 e. The van der Waals surface area contributed by atoms with Crippen molar-refractivity contribution in [3.8, 4) is 0 Å². The van der Waals surface area contributed by atoms with Crippen LogP contribution < -0.4 is 16.0 Å². The molecule has 0 spiro atoms. The van der Waals surface area contributed by atoms with Gasteiger partial charge in [-0.25, -0.2) is 0 Å². The van der Waals surface area contributed by atoms with E-state index in [-0.39, 0.29) is 30.7 Å². The minimum absolute atomic E-state index is 0. The summed E-state index contributed by atoms with van der Waals surface area (Å²) in [6.45, 7) is 8.64. The van der Waals surface area contributed by atoms with Crippen LogP contribution >= 0.6 is 24.8 Å². The van der Waals surface area contributed by atoms with E-state index in [2.05, 4.69) is 43.1 Å². The second-order valence-corrected chi connectivity index (χ2v) is 6.95. The Morgan fingerprint density at radius 3 is 2.50 bits per heavy atom. The fourth-order valence-electron chi connectivity index (χ4n) is 2.90. The fraction of sp³-hybridized carbons (Fsp3) is 0.611. The number of piperidine rings is 1. The number of nitrogens with zero attached hydrogens (tertiary/aromatic N) is 1. The van der Waals surface area contributed by atoms with Gasteiger partial charge >= 0.3 is 0 Å². The molecule has 6 heteroatoms. The maximum Gasteiger partial charge on any atom is 0.241 e. The highest BCUT2D eigenvalue weighted by molar-refractivity contribution is 5.95. The summed E-state index contributed by atoms with van der Waals surface area (Å²) >= 11 is 0. The van der Waals surface area contributed by atoms with E-state index in [0.29, 0.717) is 12.3 Å². The van der Waals surface area contributed by atoms with E-state index in [1.807, 2.05) is 12.1 Å². The van der Waals surface area contributed by atoms with E-state index in [1.165, 1.54) is 18.5 Å². The van der Waals surface area contributed by atoms with Crippen LogP contribution in [0.2, 0.25) is 0 Å². The van der Waals surface area contributed by atoms with Crippen LogP contribution in [0.4, 0.5) is 11.4 Å². The second kappa shape index (κ2) is 10.8. The summed E-state index contributed by atoms with van der Waals surface area (Å²) in [5.41, 5.74) is 7.96. The highest BCUT2D eigenvalue weighted by atomic mass is 35.5. The Morgan fingerprint density at radius 1 is 1.29 bits per heavy atom. The molecule has 4 nitrogen and oxygen atoms in total. The SMILES string of the molecule is CC(C)C[C@H](N)C(=O)Nc1cccc(N2CCC(C)CC2)c1.Cl.Cl. The molecule has 3 N–H and O–H groups in total. The van der Waals surface area contributed by atoms with Gasteiger partial charge in [0.15, 0.2) is 0 Å². The molecule has 1 atom stereocenters. The summed E-state index contributed by atoms with van der Waals surface area (Å²) < 4.78 is 0. The van der Waals surface area contributed by atoms with Crippen molar-refractivity contribution in [3.63, 3.8) is 0 Å². The summed E-state index contributed by atoms with van der Waals surface area (Å²) in [4.78, 5) is 14.5. The van der Waals surface area contributed by atoms with E-state index in [4.69, 9.17) is 5.73 Å². The lowest BCUT2D eigenvalue weighted by Gasteiger charge is -2.32. The highest BCUT2D eigenvalue weighted by Gasteiger charge is 2.18. The van der Waals surface area contributed by atoms with Crippen molar-refractivity contribution in [2.75, 3.05) is 23.3 Å². The Balaban J connectivity index is 0.00000264. The average molecular weight is 376 g/mol. The van der Waals surface area contributed by atoms with Gasteiger partial charge in [-0.15, -0.1) is 24.8 Å². The van der Waals surface area contributed by atoms with Crippen LogP contribution in [0, 0.1) is 11.8 Å². The van der Waals surface area contributed by atoms with Gasteiger partial charge in [0, 0.05) is 24.5 Å². The zero-order chi connectivity index (χ0) is 16.1.